The van der Waals surface area contributed by atoms with Crippen molar-refractivity contribution in [1.82, 2.24) is 19.9 Å². The lowest BCUT2D eigenvalue weighted by atomic mass is 10.0. The monoisotopic (exact) mass is 518 g/mol. The van der Waals surface area contributed by atoms with E-state index in [-0.39, 0.29) is 0 Å². The third kappa shape index (κ3) is 4.09. The van der Waals surface area contributed by atoms with Gasteiger partial charge in [0, 0.05) is 33.2 Å². The maximum atomic E-state index is 5.13. The number of nitrogens with zero attached hydrogens (tertiary/aromatic N) is 2. The number of hydrogen-bond donors (Lipinski definition) is 2. The minimum Gasteiger partial charge on any atom is -0.355 e. The molecule has 3 aromatic heterocycles. The van der Waals surface area contributed by atoms with Crippen molar-refractivity contribution in [2.24, 2.45) is 0 Å². The van der Waals surface area contributed by atoms with Gasteiger partial charge in [0.1, 0.15) is 0 Å². The van der Waals surface area contributed by atoms with Crippen LogP contribution in [-0.2, 0) is 0 Å². The number of rotatable bonds is 2. The second-order valence-electron chi connectivity index (χ2n) is 10.7. The largest absolute Gasteiger partial charge is 0.355 e. The predicted molar refractivity (Wildman–Crippen MR) is 169 cm³/mol. The van der Waals surface area contributed by atoms with Crippen LogP contribution in [0.1, 0.15) is 45.0 Å². The topological polar surface area (TPSA) is 57.4 Å². The van der Waals surface area contributed by atoms with E-state index in [0.717, 1.165) is 78.2 Å². The number of aromatic amines is 2. The Labute approximate surface area is 233 Å². The first kappa shape index (κ1) is 24.1. The summed E-state index contributed by atoms with van der Waals surface area (Å²) in [7, 11) is 0. The molecule has 194 valence electrons. The fourth-order valence-corrected chi connectivity index (χ4v) is 5.54. The zero-order chi connectivity index (χ0) is 27.4. The van der Waals surface area contributed by atoms with Crippen LogP contribution in [0.5, 0.6) is 0 Å². The Kier molecular flexibility index (Phi) is 5.64. The summed E-state index contributed by atoms with van der Waals surface area (Å²) >= 11 is 0. The lowest BCUT2D eigenvalue weighted by Crippen LogP contribution is -1.90. The molecular formula is C36H30N4. The van der Waals surface area contributed by atoms with Gasteiger partial charge in [0.2, 0.25) is 0 Å². The molecule has 0 amide bonds. The summed E-state index contributed by atoms with van der Waals surface area (Å²) in [6, 6.07) is 26.0. The standard InChI is InChI=1S/C36H30N4/c1-21-5-9-25(10-6-21)35-31-17-13-27(37-31)23(3)29-15-19-33(39-29)36(26-11-7-22(2)8-12-26)34-20-16-30(40-34)24(4)28-14-18-32(35)38-28/h5-20,37-38H,1-4H3. The van der Waals surface area contributed by atoms with Gasteiger partial charge in [-0.25, -0.2) is 9.97 Å². The molecule has 5 heterocycles. The first-order chi connectivity index (χ1) is 19.4. The molecule has 0 unspecified atom stereocenters. The van der Waals surface area contributed by atoms with Gasteiger partial charge in [-0.05, 0) is 98.5 Å². The van der Waals surface area contributed by atoms with E-state index in [1.165, 1.54) is 11.1 Å². The molecule has 0 atom stereocenters. The van der Waals surface area contributed by atoms with Crippen molar-refractivity contribution in [3.05, 3.63) is 118 Å². The van der Waals surface area contributed by atoms with E-state index in [0.29, 0.717) is 0 Å². The highest BCUT2D eigenvalue weighted by Gasteiger charge is 2.16. The fraction of sp³-hybridized carbons (Fsp3) is 0.111. The van der Waals surface area contributed by atoms with Crippen LogP contribution in [0.15, 0.2) is 72.8 Å². The Hall–Kier alpha value is -4.96. The van der Waals surface area contributed by atoms with Gasteiger partial charge in [0.15, 0.2) is 0 Å². The molecule has 7 rings (SSSR count). The molecule has 40 heavy (non-hydrogen) atoms. The second kappa shape index (κ2) is 9.35. The van der Waals surface area contributed by atoms with Crippen LogP contribution in [0.4, 0.5) is 0 Å². The summed E-state index contributed by atoms with van der Waals surface area (Å²) in [5.74, 6) is 0. The van der Waals surface area contributed by atoms with Gasteiger partial charge in [-0.2, -0.15) is 0 Å². The van der Waals surface area contributed by atoms with Gasteiger partial charge >= 0.3 is 0 Å². The van der Waals surface area contributed by atoms with Crippen molar-refractivity contribution >= 4 is 46.4 Å². The zero-order valence-electron chi connectivity index (χ0n) is 23.1. The van der Waals surface area contributed by atoms with Crippen molar-refractivity contribution in [1.29, 1.82) is 0 Å². The quantitative estimate of drug-likeness (QED) is 0.240. The number of H-pyrrole nitrogens is 2. The smallest absolute Gasteiger partial charge is 0.0737 e. The molecule has 2 aliphatic heterocycles. The summed E-state index contributed by atoms with van der Waals surface area (Å²) in [5, 5.41) is 0. The maximum absolute atomic E-state index is 5.13. The van der Waals surface area contributed by atoms with Gasteiger partial charge in [-0.15, -0.1) is 0 Å². The molecule has 0 spiro atoms. The molecule has 2 aliphatic rings. The minimum atomic E-state index is 0.924. The molecule has 2 aromatic carbocycles. The van der Waals surface area contributed by atoms with Crippen LogP contribution in [-0.4, -0.2) is 19.9 Å². The average Bonchev–Trinajstić information content (AvgIpc) is 3.78. The molecule has 4 nitrogen and oxygen atoms in total. The molecule has 0 radical (unpaired) electrons. The van der Waals surface area contributed by atoms with Gasteiger partial charge in [0.25, 0.3) is 0 Å². The van der Waals surface area contributed by atoms with Crippen molar-refractivity contribution in [3.8, 4) is 22.3 Å². The normalized spacial score (nSPS) is 12.3. The SMILES string of the molecule is Cc1ccc(-c2c3nc(c(C)c4ccc([nH]4)c(-c4ccc(C)cc4)c4ccc([nH]4)c(C)c4nc2C=C4)C=C3)cc1. The number of hydrogen-bond acceptors (Lipinski definition) is 2. The first-order valence-electron chi connectivity index (χ1n) is 13.7. The molecule has 0 fully saturated rings. The minimum absolute atomic E-state index is 0.924. The van der Waals surface area contributed by atoms with E-state index in [9.17, 15) is 0 Å². The van der Waals surface area contributed by atoms with Crippen LogP contribution >= 0.6 is 0 Å². The lowest BCUT2D eigenvalue weighted by Gasteiger charge is -2.06. The third-order valence-electron chi connectivity index (χ3n) is 7.96. The second-order valence-corrected chi connectivity index (χ2v) is 10.7. The molecule has 0 saturated heterocycles. The van der Waals surface area contributed by atoms with Crippen LogP contribution in [0.3, 0.4) is 0 Å². The average molecular weight is 519 g/mol. The van der Waals surface area contributed by atoms with E-state index in [1.54, 1.807) is 0 Å². The van der Waals surface area contributed by atoms with Crippen molar-refractivity contribution < 1.29 is 0 Å². The Morgan fingerprint density at radius 1 is 0.400 bits per heavy atom. The van der Waals surface area contributed by atoms with Crippen LogP contribution in [0.25, 0.3) is 68.6 Å². The Morgan fingerprint density at radius 3 is 1.23 bits per heavy atom. The molecule has 8 bridgehead atoms. The number of benzene rings is 2. The van der Waals surface area contributed by atoms with Crippen LogP contribution in [0, 0.1) is 27.7 Å². The summed E-state index contributed by atoms with van der Waals surface area (Å²) in [5.41, 5.74) is 17.1. The molecule has 2 N–H and O–H groups in total. The van der Waals surface area contributed by atoms with Gasteiger partial charge in [-0.1, -0.05) is 59.7 Å². The molecular weight excluding hydrogens is 488 g/mol. The fourth-order valence-electron chi connectivity index (χ4n) is 5.54. The number of aryl methyl sites for hydroxylation is 4. The molecule has 0 saturated carbocycles. The van der Waals surface area contributed by atoms with Gasteiger partial charge in [0.05, 0.1) is 22.8 Å². The van der Waals surface area contributed by atoms with Crippen LogP contribution in [0.2, 0.25) is 0 Å². The van der Waals surface area contributed by atoms with E-state index in [1.807, 2.05) is 0 Å². The van der Waals surface area contributed by atoms with Crippen molar-refractivity contribution in [2.75, 3.05) is 0 Å². The number of fused-ring (bicyclic) bond motifs is 8. The van der Waals surface area contributed by atoms with E-state index < -0.39 is 0 Å². The molecule has 0 aliphatic carbocycles. The van der Waals surface area contributed by atoms with Crippen molar-refractivity contribution in [3.63, 3.8) is 0 Å². The highest BCUT2D eigenvalue weighted by atomic mass is 14.8. The summed E-state index contributed by atoms with van der Waals surface area (Å²) in [6.07, 6.45) is 8.45. The number of nitrogens with one attached hydrogen (secondary N) is 2. The van der Waals surface area contributed by atoms with E-state index >= 15 is 0 Å². The lowest BCUT2D eigenvalue weighted by molar-refractivity contribution is 1.24. The van der Waals surface area contributed by atoms with Crippen LogP contribution < -0.4 is 0 Å². The highest BCUT2D eigenvalue weighted by Crippen LogP contribution is 2.34. The van der Waals surface area contributed by atoms with E-state index in [4.69, 9.17) is 9.97 Å². The summed E-state index contributed by atoms with van der Waals surface area (Å²) < 4.78 is 0. The Balaban J connectivity index is 1.61. The number of aromatic nitrogens is 4. The highest BCUT2D eigenvalue weighted by molar-refractivity contribution is 5.95. The van der Waals surface area contributed by atoms with Gasteiger partial charge in [-0.3, -0.25) is 0 Å². The zero-order valence-corrected chi connectivity index (χ0v) is 23.1. The molecule has 5 aromatic rings. The Bertz CT molecular complexity index is 1910. The molecule has 4 heteroatoms. The third-order valence-corrected chi connectivity index (χ3v) is 7.96. The maximum Gasteiger partial charge on any atom is 0.0737 e. The van der Waals surface area contributed by atoms with Gasteiger partial charge < -0.3 is 9.97 Å². The van der Waals surface area contributed by atoms with E-state index in [2.05, 4.69) is 135 Å². The predicted octanol–water partition coefficient (Wildman–Crippen LogP) is 9.22. The Morgan fingerprint density at radius 2 is 0.775 bits per heavy atom. The summed E-state index contributed by atoms with van der Waals surface area (Å²) in [4.78, 5) is 17.7. The first-order valence-corrected chi connectivity index (χ1v) is 13.7. The summed E-state index contributed by atoms with van der Waals surface area (Å²) in [6.45, 7) is 8.49. The van der Waals surface area contributed by atoms with Crippen molar-refractivity contribution in [2.45, 2.75) is 27.7 Å².